The fourth-order valence-electron chi connectivity index (χ4n) is 4.26. The maximum absolute atomic E-state index is 12.0. The van der Waals surface area contributed by atoms with Crippen molar-refractivity contribution >= 4 is 5.91 Å². The molecule has 0 aliphatic carbocycles. The number of aryl methyl sites for hydroxylation is 1. The minimum atomic E-state index is 0.0718. The van der Waals surface area contributed by atoms with Crippen molar-refractivity contribution in [3.63, 3.8) is 0 Å². The molecule has 2 aliphatic rings. The van der Waals surface area contributed by atoms with E-state index in [1.54, 1.807) is 0 Å². The molecule has 2 saturated heterocycles. The minimum absolute atomic E-state index is 0.0718. The quantitative estimate of drug-likeness (QED) is 0.866. The van der Waals surface area contributed by atoms with E-state index in [1.165, 1.54) is 25.8 Å². The summed E-state index contributed by atoms with van der Waals surface area (Å²) in [6.07, 6.45) is 9.53. The van der Waals surface area contributed by atoms with Gasteiger partial charge in [-0.2, -0.15) is 0 Å². The average Bonchev–Trinajstić information content (AvgIpc) is 3.05. The fourth-order valence-corrected chi connectivity index (χ4v) is 4.26. The Kier molecular flexibility index (Phi) is 5.38. The zero-order valence-electron chi connectivity index (χ0n) is 14.0. The molecule has 3 rings (SSSR count). The molecule has 2 aliphatic heterocycles. The number of aliphatic hydroxyl groups excluding tert-OH is 1. The highest BCUT2D eigenvalue weighted by Gasteiger charge is 2.41. The third-order valence-electron chi connectivity index (χ3n) is 5.42. The number of rotatable bonds is 6. The standard InChI is InChI=1S/C18H29N3O2/c22-14-13-21-16-18(7-5-17(21)23)6-3-10-20(15-18)12-4-11-19-8-1-2-9-19/h1-2,8-9,22H,3-7,10-16H2/t18-/m0/s1. The average molecular weight is 319 g/mol. The molecule has 0 saturated carbocycles. The van der Waals surface area contributed by atoms with Crippen LogP contribution in [-0.4, -0.2) is 64.7 Å². The van der Waals surface area contributed by atoms with Crippen molar-refractivity contribution in [2.24, 2.45) is 5.41 Å². The van der Waals surface area contributed by atoms with Gasteiger partial charge in [-0.15, -0.1) is 0 Å². The molecule has 1 atom stereocenters. The molecule has 1 aromatic heterocycles. The van der Waals surface area contributed by atoms with E-state index in [0.717, 1.165) is 32.6 Å². The number of carbonyl (C=O) groups is 1. The molecule has 0 bridgehead atoms. The lowest BCUT2D eigenvalue weighted by molar-refractivity contribution is -0.140. The molecule has 0 radical (unpaired) electrons. The number of aliphatic hydroxyl groups is 1. The van der Waals surface area contributed by atoms with Crippen LogP contribution < -0.4 is 0 Å². The van der Waals surface area contributed by atoms with Crippen molar-refractivity contribution < 1.29 is 9.90 Å². The van der Waals surface area contributed by atoms with Crippen LogP contribution in [0.2, 0.25) is 0 Å². The van der Waals surface area contributed by atoms with E-state index in [4.69, 9.17) is 0 Å². The molecule has 128 valence electrons. The summed E-state index contributed by atoms with van der Waals surface area (Å²) >= 11 is 0. The lowest BCUT2D eigenvalue weighted by Crippen LogP contribution is -2.54. The molecule has 3 heterocycles. The smallest absolute Gasteiger partial charge is 0.222 e. The van der Waals surface area contributed by atoms with Crippen LogP contribution in [0.3, 0.4) is 0 Å². The third kappa shape index (κ3) is 4.15. The molecular weight excluding hydrogens is 290 g/mol. The van der Waals surface area contributed by atoms with Crippen molar-refractivity contribution in [1.29, 1.82) is 0 Å². The Bertz CT molecular complexity index is 502. The third-order valence-corrected chi connectivity index (χ3v) is 5.42. The predicted octanol–water partition coefficient (Wildman–Crippen LogP) is 1.58. The topological polar surface area (TPSA) is 48.7 Å². The van der Waals surface area contributed by atoms with Crippen LogP contribution in [0, 0.1) is 5.41 Å². The first kappa shape index (κ1) is 16.5. The van der Waals surface area contributed by atoms with E-state index in [2.05, 4.69) is 34.0 Å². The van der Waals surface area contributed by atoms with E-state index in [0.29, 0.717) is 13.0 Å². The molecule has 1 amide bonds. The lowest BCUT2D eigenvalue weighted by Gasteiger charge is -2.48. The van der Waals surface area contributed by atoms with Crippen LogP contribution >= 0.6 is 0 Å². The Balaban J connectivity index is 1.51. The Hall–Kier alpha value is -1.33. The first-order chi connectivity index (χ1) is 11.2. The van der Waals surface area contributed by atoms with Crippen molar-refractivity contribution in [1.82, 2.24) is 14.4 Å². The summed E-state index contributed by atoms with van der Waals surface area (Å²) in [6.45, 7) is 5.89. The number of carbonyl (C=O) groups excluding carboxylic acids is 1. The Morgan fingerprint density at radius 1 is 1.09 bits per heavy atom. The van der Waals surface area contributed by atoms with Gasteiger partial charge in [0.05, 0.1) is 6.61 Å². The number of nitrogens with zero attached hydrogens (tertiary/aromatic N) is 3. The molecule has 1 N–H and O–H groups in total. The van der Waals surface area contributed by atoms with Crippen LogP contribution in [0.5, 0.6) is 0 Å². The molecule has 1 spiro atoms. The predicted molar refractivity (Wildman–Crippen MR) is 90.1 cm³/mol. The maximum atomic E-state index is 12.0. The normalized spacial score (nSPS) is 26.1. The van der Waals surface area contributed by atoms with Gasteiger partial charge in [-0.05, 0) is 50.9 Å². The number of piperidine rings is 2. The second kappa shape index (κ2) is 7.49. The van der Waals surface area contributed by atoms with Gasteiger partial charge < -0.3 is 19.5 Å². The monoisotopic (exact) mass is 319 g/mol. The van der Waals surface area contributed by atoms with Gasteiger partial charge in [-0.3, -0.25) is 4.79 Å². The number of amides is 1. The van der Waals surface area contributed by atoms with Crippen molar-refractivity contribution in [3.8, 4) is 0 Å². The second-order valence-corrected chi connectivity index (χ2v) is 7.19. The van der Waals surface area contributed by atoms with Gasteiger partial charge >= 0.3 is 0 Å². The number of likely N-dealkylation sites (tertiary alicyclic amines) is 2. The summed E-state index contributed by atoms with van der Waals surface area (Å²) in [7, 11) is 0. The minimum Gasteiger partial charge on any atom is -0.395 e. The van der Waals surface area contributed by atoms with E-state index in [-0.39, 0.29) is 17.9 Å². The number of β-amino-alcohol motifs (C(OH)–C–C–N with tert-alkyl or cyclic N) is 1. The second-order valence-electron chi connectivity index (χ2n) is 7.19. The van der Waals surface area contributed by atoms with E-state index >= 15 is 0 Å². The van der Waals surface area contributed by atoms with Crippen molar-refractivity contribution in [2.45, 2.75) is 38.6 Å². The van der Waals surface area contributed by atoms with Gasteiger partial charge in [0.1, 0.15) is 0 Å². The SMILES string of the molecule is O=C1CC[C@]2(CCCN(CCCn3cccc3)C2)CN1CCO. The van der Waals surface area contributed by atoms with Gasteiger partial charge in [-0.25, -0.2) is 0 Å². The van der Waals surface area contributed by atoms with Crippen molar-refractivity contribution in [3.05, 3.63) is 24.5 Å². The van der Waals surface area contributed by atoms with Gasteiger partial charge in [0.25, 0.3) is 0 Å². The molecule has 5 heteroatoms. The molecule has 2 fully saturated rings. The first-order valence-electron chi connectivity index (χ1n) is 8.93. The first-order valence-corrected chi connectivity index (χ1v) is 8.93. The van der Waals surface area contributed by atoms with Gasteiger partial charge in [0, 0.05) is 50.4 Å². The molecule has 1 aromatic rings. The largest absolute Gasteiger partial charge is 0.395 e. The molecular formula is C18H29N3O2. The molecule has 23 heavy (non-hydrogen) atoms. The van der Waals surface area contributed by atoms with Crippen LogP contribution in [0.4, 0.5) is 0 Å². The lowest BCUT2D eigenvalue weighted by atomic mass is 9.73. The summed E-state index contributed by atoms with van der Waals surface area (Å²) in [5.74, 6) is 0.217. The summed E-state index contributed by atoms with van der Waals surface area (Å²) in [4.78, 5) is 16.5. The number of hydrogen-bond acceptors (Lipinski definition) is 3. The Morgan fingerprint density at radius 2 is 1.91 bits per heavy atom. The highest BCUT2D eigenvalue weighted by Crippen LogP contribution is 2.38. The summed E-state index contributed by atoms with van der Waals surface area (Å²) < 4.78 is 2.24. The zero-order valence-corrected chi connectivity index (χ0v) is 14.0. The van der Waals surface area contributed by atoms with Crippen LogP contribution in [0.1, 0.15) is 32.1 Å². The van der Waals surface area contributed by atoms with Gasteiger partial charge in [0.15, 0.2) is 0 Å². The highest BCUT2D eigenvalue weighted by atomic mass is 16.3. The molecule has 0 unspecified atom stereocenters. The Morgan fingerprint density at radius 3 is 2.70 bits per heavy atom. The van der Waals surface area contributed by atoms with E-state index in [1.807, 2.05) is 4.90 Å². The maximum Gasteiger partial charge on any atom is 0.222 e. The van der Waals surface area contributed by atoms with Crippen LogP contribution in [-0.2, 0) is 11.3 Å². The molecule has 5 nitrogen and oxygen atoms in total. The fraction of sp³-hybridized carbons (Fsp3) is 0.722. The number of aromatic nitrogens is 1. The van der Waals surface area contributed by atoms with Gasteiger partial charge in [-0.1, -0.05) is 0 Å². The Labute approximate surface area is 138 Å². The van der Waals surface area contributed by atoms with Gasteiger partial charge in [0.2, 0.25) is 5.91 Å². The summed E-state index contributed by atoms with van der Waals surface area (Å²) in [5, 5.41) is 9.18. The highest BCUT2D eigenvalue weighted by molar-refractivity contribution is 5.77. The van der Waals surface area contributed by atoms with Crippen molar-refractivity contribution in [2.75, 3.05) is 39.3 Å². The number of hydrogen-bond donors (Lipinski definition) is 1. The van der Waals surface area contributed by atoms with Crippen LogP contribution in [0.25, 0.3) is 0 Å². The van der Waals surface area contributed by atoms with Crippen LogP contribution in [0.15, 0.2) is 24.5 Å². The van der Waals surface area contributed by atoms with E-state index < -0.39 is 0 Å². The zero-order chi connectivity index (χ0) is 16.1. The van der Waals surface area contributed by atoms with E-state index in [9.17, 15) is 9.90 Å². The summed E-state index contributed by atoms with van der Waals surface area (Å²) in [6, 6.07) is 4.15. The summed E-state index contributed by atoms with van der Waals surface area (Å²) in [5.41, 5.74) is 0.259. The molecule has 0 aromatic carbocycles.